The van der Waals surface area contributed by atoms with Crippen LogP contribution in [0.15, 0.2) is 0 Å². The molecule has 12 heteroatoms. The van der Waals surface area contributed by atoms with E-state index in [1.807, 2.05) is 0 Å². The summed E-state index contributed by atoms with van der Waals surface area (Å²) in [7, 11) is 0. The van der Waals surface area contributed by atoms with Gasteiger partial charge in [0.05, 0.1) is 13.2 Å². The van der Waals surface area contributed by atoms with Crippen molar-refractivity contribution >= 4 is 18.1 Å². The standard InChI is InChI=1S/C7H16N2O.C5H9ClO.C2H8N2.CH2O3.2K.H/c8-2-3-9-5-7-1-4-10-6-7;6-3-5-1-2-7-4-5;3-1-2-4;2-1-4-3;;;/h7,9H,1-6,8H2;5H,1-4H2;1-4H2;1,3H;;;/q;;;;2*+1;-1/p-1. The van der Waals surface area contributed by atoms with Gasteiger partial charge in [-0.3, -0.25) is 4.79 Å². The molecule has 0 aromatic carbocycles. The summed E-state index contributed by atoms with van der Waals surface area (Å²) in [6, 6.07) is 0. The van der Waals surface area contributed by atoms with Crippen molar-refractivity contribution in [1.82, 2.24) is 5.32 Å². The predicted molar refractivity (Wildman–Crippen MR) is 96.9 cm³/mol. The molecule has 2 heterocycles. The van der Waals surface area contributed by atoms with Gasteiger partial charge in [0.25, 0.3) is 6.47 Å². The Hall–Kier alpha value is 2.75. The summed E-state index contributed by atoms with van der Waals surface area (Å²) in [4.78, 5) is 11.2. The maximum atomic E-state index is 8.64. The SMILES string of the molecule is ClCC1CCOC1.NCCN.NCCNCC1CCOC1.O=CO[O-].[H-].[K+].[K+]. The minimum atomic E-state index is -0.181. The Balaban J connectivity index is -0.0000000873. The fraction of sp³-hybridized carbons (Fsp3) is 0.933. The first-order chi connectivity index (χ1) is 12.2. The molecular weight excluding hydrogens is 430 g/mol. The van der Waals surface area contributed by atoms with E-state index in [9.17, 15) is 0 Å². The van der Waals surface area contributed by atoms with E-state index in [4.69, 9.17) is 48.3 Å². The molecule has 0 bridgehead atoms. The molecule has 2 rings (SSSR count). The van der Waals surface area contributed by atoms with Crippen molar-refractivity contribution in [2.24, 2.45) is 29.0 Å². The molecule has 0 aliphatic carbocycles. The largest absolute Gasteiger partial charge is 1.00 e. The van der Waals surface area contributed by atoms with Crippen LogP contribution in [0, 0.1) is 11.8 Å². The molecular formula is C15H35ClK2N4O5. The van der Waals surface area contributed by atoms with E-state index in [2.05, 4.69) is 10.2 Å². The van der Waals surface area contributed by atoms with E-state index in [0.29, 0.717) is 19.0 Å². The van der Waals surface area contributed by atoms with E-state index in [1.165, 1.54) is 6.42 Å². The molecule has 2 fully saturated rings. The summed E-state index contributed by atoms with van der Waals surface area (Å²) in [6.45, 7) is 7.40. The van der Waals surface area contributed by atoms with Crippen molar-refractivity contribution in [1.29, 1.82) is 0 Å². The first kappa shape index (κ1) is 37.1. The van der Waals surface area contributed by atoms with Crippen molar-refractivity contribution in [2.75, 3.05) is 65.0 Å². The Labute approximate surface area is 254 Å². The van der Waals surface area contributed by atoms with Crippen molar-refractivity contribution in [3.05, 3.63) is 0 Å². The fourth-order valence-electron chi connectivity index (χ4n) is 1.86. The number of hydrogen-bond acceptors (Lipinski definition) is 9. The zero-order valence-electron chi connectivity index (χ0n) is 17.9. The average molecular weight is 465 g/mol. The van der Waals surface area contributed by atoms with E-state index in [1.54, 1.807) is 0 Å². The van der Waals surface area contributed by atoms with Gasteiger partial charge in [0.2, 0.25) is 0 Å². The van der Waals surface area contributed by atoms with Gasteiger partial charge < -0.3 is 43.6 Å². The average Bonchev–Trinajstić information content (AvgIpc) is 3.36. The Bertz CT molecular complexity index is 271. The molecule has 0 saturated carbocycles. The molecule has 2 atom stereocenters. The van der Waals surface area contributed by atoms with Crippen LogP contribution < -0.4 is 131 Å². The number of rotatable bonds is 7. The summed E-state index contributed by atoms with van der Waals surface area (Å²) in [5, 5.41) is 11.7. The van der Waals surface area contributed by atoms with Gasteiger partial charge in [-0.1, -0.05) is 0 Å². The molecule has 0 amide bonds. The van der Waals surface area contributed by atoms with Crippen molar-refractivity contribution in [3.63, 3.8) is 0 Å². The van der Waals surface area contributed by atoms with Crippen LogP contribution in [0.1, 0.15) is 14.3 Å². The first-order valence-electron chi connectivity index (χ1n) is 8.44. The molecule has 0 radical (unpaired) electrons. The van der Waals surface area contributed by atoms with Crippen molar-refractivity contribution < 1.29 is 129 Å². The van der Waals surface area contributed by atoms with Crippen LogP contribution in [-0.4, -0.2) is 71.5 Å². The molecule has 2 saturated heterocycles. The molecule has 0 aromatic rings. The third kappa shape index (κ3) is 31.0. The van der Waals surface area contributed by atoms with Crippen molar-refractivity contribution in [3.8, 4) is 0 Å². The van der Waals surface area contributed by atoms with Crippen LogP contribution in [0.4, 0.5) is 0 Å². The minimum Gasteiger partial charge on any atom is -1.00 e. The minimum absolute atomic E-state index is 0. The Morgan fingerprint density at radius 1 is 1.07 bits per heavy atom. The third-order valence-corrected chi connectivity index (χ3v) is 3.66. The van der Waals surface area contributed by atoms with Gasteiger partial charge in [0.1, 0.15) is 0 Å². The summed E-state index contributed by atoms with van der Waals surface area (Å²) in [5.74, 6) is 2.13. The Morgan fingerprint density at radius 3 is 1.81 bits per heavy atom. The molecule has 154 valence electrons. The normalized spacial score (nSPS) is 19.4. The van der Waals surface area contributed by atoms with E-state index >= 15 is 0 Å². The van der Waals surface area contributed by atoms with Crippen LogP contribution in [0.25, 0.3) is 0 Å². The van der Waals surface area contributed by atoms with E-state index < -0.39 is 0 Å². The molecule has 7 N–H and O–H groups in total. The number of carbonyl (C=O) groups is 1. The number of nitrogens with two attached hydrogens (primary N) is 3. The number of nitrogens with one attached hydrogen (secondary N) is 1. The van der Waals surface area contributed by atoms with Crippen molar-refractivity contribution in [2.45, 2.75) is 12.8 Å². The molecule has 2 aliphatic heterocycles. The number of alkyl halides is 1. The Kier molecular flexibility index (Phi) is 45.9. The maximum absolute atomic E-state index is 8.64. The summed E-state index contributed by atoms with van der Waals surface area (Å²) in [6.07, 6.45) is 2.36. The predicted octanol–water partition coefficient (Wildman–Crippen LogP) is -7.71. The molecule has 9 nitrogen and oxygen atoms in total. The second-order valence-corrected chi connectivity index (χ2v) is 5.68. The van der Waals surface area contributed by atoms with Gasteiger partial charge in [0.15, 0.2) is 0 Å². The summed E-state index contributed by atoms with van der Waals surface area (Å²) in [5.41, 5.74) is 15.1. The van der Waals surface area contributed by atoms with Gasteiger partial charge in [-0.05, 0) is 24.7 Å². The summed E-state index contributed by atoms with van der Waals surface area (Å²) < 4.78 is 10.3. The second-order valence-electron chi connectivity index (χ2n) is 5.38. The zero-order chi connectivity index (χ0) is 19.2. The number of carbonyl (C=O) groups excluding carboxylic acids is 1. The fourth-order valence-corrected chi connectivity index (χ4v) is 2.10. The van der Waals surface area contributed by atoms with Gasteiger partial charge in [-0.25, -0.2) is 0 Å². The van der Waals surface area contributed by atoms with Gasteiger partial charge in [-0.2, -0.15) is 0 Å². The maximum Gasteiger partial charge on any atom is 1.00 e. The van der Waals surface area contributed by atoms with Gasteiger partial charge in [-0.15, -0.1) is 11.6 Å². The molecule has 0 spiro atoms. The van der Waals surface area contributed by atoms with Gasteiger partial charge in [0, 0.05) is 51.8 Å². The van der Waals surface area contributed by atoms with Crippen LogP contribution in [0.3, 0.4) is 0 Å². The quantitative estimate of drug-likeness (QED) is 0.0716. The molecule has 2 unspecified atom stereocenters. The van der Waals surface area contributed by atoms with Crippen LogP contribution in [-0.2, 0) is 19.2 Å². The monoisotopic (exact) mass is 464 g/mol. The molecule has 0 aromatic heterocycles. The summed E-state index contributed by atoms with van der Waals surface area (Å²) >= 11 is 5.53. The van der Waals surface area contributed by atoms with Crippen LogP contribution in [0.5, 0.6) is 0 Å². The number of halogens is 1. The van der Waals surface area contributed by atoms with E-state index in [-0.39, 0.29) is 111 Å². The molecule has 27 heavy (non-hydrogen) atoms. The first-order valence-corrected chi connectivity index (χ1v) is 8.98. The smallest absolute Gasteiger partial charge is 1.00 e. The Morgan fingerprint density at radius 2 is 1.56 bits per heavy atom. The second kappa shape index (κ2) is 33.4. The molecule has 2 aliphatic rings. The van der Waals surface area contributed by atoms with Crippen LogP contribution in [0.2, 0.25) is 0 Å². The number of ether oxygens (including phenoxy) is 2. The third-order valence-electron chi connectivity index (χ3n) is 3.23. The number of hydrogen-bond donors (Lipinski definition) is 4. The topological polar surface area (TPSA) is 158 Å². The van der Waals surface area contributed by atoms with Crippen LogP contribution >= 0.6 is 11.6 Å². The zero-order valence-corrected chi connectivity index (χ0v) is 23.9. The van der Waals surface area contributed by atoms with E-state index in [0.717, 1.165) is 64.3 Å². The van der Waals surface area contributed by atoms with Gasteiger partial charge >= 0.3 is 103 Å².